The van der Waals surface area contributed by atoms with E-state index in [-0.39, 0.29) is 0 Å². The fourth-order valence-corrected chi connectivity index (χ4v) is 2.26. The fraction of sp³-hybridized carbons (Fsp3) is 0.500. The summed E-state index contributed by atoms with van der Waals surface area (Å²) in [5, 5.41) is 9.80. The first-order valence-corrected chi connectivity index (χ1v) is 6.92. The van der Waals surface area contributed by atoms with Gasteiger partial charge in [0.15, 0.2) is 0 Å². The molecule has 2 heteroatoms. The van der Waals surface area contributed by atoms with Crippen LogP contribution in [0, 0.1) is 0 Å². The third-order valence-electron chi connectivity index (χ3n) is 3.23. The summed E-state index contributed by atoms with van der Waals surface area (Å²) in [4.78, 5) is 0. The van der Waals surface area contributed by atoms with E-state index in [1.807, 2.05) is 25.1 Å². The van der Waals surface area contributed by atoms with Crippen LogP contribution in [0.15, 0.2) is 30.3 Å². The van der Waals surface area contributed by atoms with Crippen LogP contribution in [0.1, 0.15) is 56.6 Å². The van der Waals surface area contributed by atoms with Crippen molar-refractivity contribution in [1.29, 1.82) is 0 Å². The summed E-state index contributed by atoms with van der Waals surface area (Å²) in [6.07, 6.45) is 6.06. The number of hydrogen-bond donors (Lipinski definition) is 2. The molecule has 0 fully saturated rings. The van der Waals surface area contributed by atoms with Gasteiger partial charge in [-0.1, -0.05) is 44.5 Å². The van der Waals surface area contributed by atoms with Gasteiger partial charge in [0.2, 0.25) is 0 Å². The number of aliphatic hydroxyl groups excluding tert-OH is 1. The Balaban J connectivity index is 2.82. The highest BCUT2D eigenvalue weighted by atomic mass is 16.3. The van der Waals surface area contributed by atoms with Gasteiger partial charge in [-0.3, -0.25) is 0 Å². The standard InChI is InChI=1S/C16H25NO/c1-3-5-13(11-12-17)14-7-9-15(10-8-14)16(18)6-4-2/h6-10,13,18H,3-5,11-12,17H2,1-2H3/b16-6+. The zero-order valence-corrected chi connectivity index (χ0v) is 11.5. The molecule has 0 aliphatic heterocycles. The predicted molar refractivity (Wildman–Crippen MR) is 78.7 cm³/mol. The highest BCUT2D eigenvalue weighted by Gasteiger charge is 2.10. The first kappa shape index (κ1) is 14.8. The minimum absolute atomic E-state index is 0.370. The van der Waals surface area contributed by atoms with Gasteiger partial charge in [0.05, 0.1) is 0 Å². The van der Waals surface area contributed by atoms with Gasteiger partial charge < -0.3 is 10.8 Å². The summed E-state index contributed by atoms with van der Waals surface area (Å²) < 4.78 is 0. The average Bonchev–Trinajstić information content (AvgIpc) is 2.39. The number of allylic oxidation sites excluding steroid dienone is 1. The van der Waals surface area contributed by atoms with Gasteiger partial charge in [-0.2, -0.15) is 0 Å². The van der Waals surface area contributed by atoms with Crippen molar-refractivity contribution in [3.63, 3.8) is 0 Å². The molecule has 1 unspecified atom stereocenters. The Morgan fingerprint density at radius 1 is 1.22 bits per heavy atom. The van der Waals surface area contributed by atoms with Crippen molar-refractivity contribution in [2.45, 2.75) is 45.4 Å². The van der Waals surface area contributed by atoms with Gasteiger partial charge in [-0.25, -0.2) is 0 Å². The van der Waals surface area contributed by atoms with Crippen LogP contribution in [0.25, 0.3) is 5.76 Å². The molecule has 3 N–H and O–H groups in total. The first-order chi connectivity index (χ1) is 8.72. The molecule has 2 nitrogen and oxygen atoms in total. The molecule has 0 spiro atoms. The molecule has 1 atom stereocenters. The first-order valence-electron chi connectivity index (χ1n) is 6.92. The number of nitrogens with two attached hydrogens (primary N) is 1. The van der Waals surface area contributed by atoms with Crippen LogP contribution >= 0.6 is 0 Å². The fourth-order valence-electron chi connectivity index (χ4n) is 2.26. The third kappa shape index (κ3) is 4.19. The maximum atomic E-state index is 9.80. The lowest BCUT2D eigenvalue weighted by Crippen LogP contribution is -2.07. The van der Waals surface area contributed by atoms with E-state index in [9.17, 15) is 5.11 Å². The van der Waals surface area contributed by atoms with Crippen molar-refractivity contribution in [1.82, 2.24) is 0 Å². The second-order valence-corrected chi connectivity index (χ2v) is 4.68. The van der Waals surface area contributed by atoms with Gasteiger partial charge in [-0.05, 0) is 43.4 Å². The molecule has 1 rings (SSSR count). The van der Waals surface area contributed by atoms with E-state index in [1.165, 1.54) is 18.4 Å². The van der Waals surface area contributed by atoms with Gasteiger partial charge >= 0.3 is 0 Å². The Morgan fingerprint density at radius 3 is 2.39 bits per heavy atom. The molecule has 0 saturated carbocycles. The molecule has 100 valence electrons. The minimum Gasteiger partial charge on any atom is -0.508 e. The summed E-state index contributed by atoms with van der Waals surface area (Å²) in [5.41, 5.74) is 7.89. The van der Waals surface area contributed by atoms with E-state index >= 15 is 0 Å². The van der Waals surface area contributed by atoms with Gasteiger partial charge in [-0.15, -0.1) is 0 Å². The summed E-state index contributed by atoms with van der Waals surface area (Å²) in [7, 11) is 0. The zero-order chi connectivity index (χ0) is 13.4. The molecular weight excluding hydrogens is 222 g/mol. The van der Waals surface area contributed by atoms with Crippen molar-refractivity contribution in [2.75, 3.05) is 6.54 Å². The van der Waals surface area contributed by atoms with Crippen molar-refractivity contribution in [2.24, 2.45) is 5.73 Å². The largest absolute Gasteiger partial charge is 0.508 e. The quantitative estimate of drug-likeness (QED) is 0.708. The summed E-state index contributed by atoms with van der Waals surface area (Å²) in [6.45, 7) is 4.95. The lowest BCUT2D eigenvalue weighted by atomic mass is 9.91. The van der Waals surface area contributed by atoms with Gasteiger partial charge in [0.25, 0.3) is 0 Å². The SMILES string of the molecule is CC/C=C(/O)c1ccc(C(CCC)CCN)cc1. The Morgan fingerprint density at radius 2 is 1.89 bits per heavy atom. The van der Waals surface area contributed by atoms with E-state index < -0.39 is 0 Å². The molecule has 18 heavy (non-hydrogen) atoms. The topological polar surface area (TPSA) is 46.2 Å². The Hall–Kier alpha value is -1.28. The minimum atomic E-state index is 0.370. The molecular formula is C16H25NO. The lowest BCUT2D eigenvalue weighted by molar-refractivity contribution is 0.509. The molecule has 0 radical (unpaired) electrons. The summed E-state index contributed by atoms with van der Waals surface area (Å²) >= 11 is 0. The zero-order valence-electron chi connectivity index (χ0n) is 11.5. The van der Waals surface area contributed by atoms with Crippen molar-refractivity contribution in [3.05, 3.63) is 41.5 Å². The Labute approximate surface area is 111 Å². The van der Waals surface area contributed by atoms with Crippen LogP contribution < -0.4 is 5.73 Å². The molecule has 0 aromatic heterocycles. The molecule has 1 aromatic rings. The number of aliphatic hydroxyl groups is 1. The normalized spacial score (nSPS) is 13.6. The second kappa shape index (κ2) is 7.93. The van der Waals surface area contributed by atoms with Crippen LogP contribution in [-0.4, -0.2) is 11.7 Å². The molecule has 0 aliphatic carbocycles. The van der Waals surface area contributed by atoms with Crippen molar-refractivity contribution < 1.29 is 5.11 Å². The van der Waals surface area contributed by atoms with E-state index in [1.54, 1.807) is 0 Å². The summed E-state index contributed by atoms with van der Waals surface area (Å²) in [6, 6.07) is 8.22. The predicted octanol–water partition coefficient (Wildman–Crippen LogP) is 4.23. The van der Waals surface area contributed by atoms with E-state index in [4.69, 9.17) is 5.73 Å². The van der Waals surface area contributed by atoms with E-state index in [2.05, 4.69) is 19.1 Å². The average molecular weight is 247 g/mol. The number of benzene rings is 1. The maximum absolute atomic E-state index is 9.80. The maximum Gasteiger partial charge on any atom is 0.118 e. The van der Waals surface area contributed by atoms with Crippen LogP contribution in [0.4, 0.5) is 0 Å². The lowest BCUT2D eigenvalue weighted by Gasteiger charge is -2.16. The molecule has 0 heterocycles. The number of hydrogen-bond acceptors (Lipinski definition) is 2. The summed E-state index contributed by atoms with van der Waals surface area (Å²) in [5.74, 6) is 0.918. The van der Waals surface area contributed by atoms with Crippen LogP contribution in [-0.2, 0) is 0 Å². The molecule has 0 amide bonds. The van der Waals surface area contributed by atoms with E-state index in [0.29, 0.717) is 11.7 Å². The van der Waals surface area contributed by atoms with Crippen LogP contribution in [0.3, 0.4) is 0 Å². The number of rotatable bonds is 7. The highest BCUT2D eigenvalue weighted by Crippen LogP contribution is 2.25. The second-order valence-electron chi connectivity index (χ2n) is 4.68. The van der Waals surface area contributed by atoms with E-state index in [0.717, 1.165) is 24.9 Å². The molecule has 0 bridgehead atoms. The molecule has 0 saturated heterocycles. The Kier molecular flexibility index (Phi) is 6.51. The van der Waals surface area contributed by atoms with Crippen molar-refractivity contribution >= 4 is 5.76 Å². The Bertz CT molecular complexity index is 361. The third-order valence-corrected chi connectivity index (χ3v) is 3.23. The van der Waals surface area contributed by atoms with Gasteiger partial charge in [0.1, 0.15) is 5.76 Å². The van der Waals surface area contributed by atoms with Gasteiger partial charge in [0, 0.05) is 5.56 Å². The molecule has 1 aromatic carbocycles. The van der Waals surface area contributed by atoms with Crippen LogP contribution in [0.5, 0.6) is 0 Å². The van der Waals surface area contributed by atoms with Crippen molar-refractivity contribution in [3.8, 4) is 0 Å². The molecule has 0 aliphatic rings. The monoisotopic (exact) mass is 247 g/mol. The highest BCUT2D eigenvalue weighted by molar-refractivity contribution is 5.58. The van der Waals surface area contributed by atoms with Crippen LogP contribution in [0.2, 0.25) is 0 Å². The smallest absolute Gasteiger partial charge is 0.118 e.